The number of nitrogens with one attached hydrogen (secondary N) is 1. The quantitative estimate of drug-likeness (QED) is 0.782. The second kappa shape index (κ2) is 4.89. The Balaban J connectivity index is 2.31. The average Bonchev–Trinajstić information content (AvgIpc) is 2.16. The summed E-state index contributed by atoms with van der Waals surface area (Å²) in [7, 11) is 0. The van der Waals surface area contributed by atoms with Crippen molar-refractivity contribution in [2.45, 2.75) is 24.3 Å². The minimum atomic E-state index is 0.463. The second-order valence-corrected chi connectivity index (χ2v) is 6.81. The van der Waals surface area contributed by atoms with Gasteiger partial charge in [0.1, 0.15) is 10.5 Å². The van der Waals surface area contributed by atoms with Crippen molar-refractivity contribution in [3.8, 4) is 0 Å². The lowest BCUT2D eigenvalue weighted by atomic mass is 10.3. The smallest absolute Gasteiger partial charge is 0.130 e. The number of thioether (sulfide) groups is 2. The molecule has 0 amide bonds. The van der Waals surface area contributed by atoms with Crippen LogP contribution in [0.1, 0.15) is 23.7 Å². The van der Waals surface area contributed by atoms with Gasteiger partial charge in [0.05, 0.1) is 5.25 Å². The summed E-state index contributed by atoms with van der Waals surface area (Å²) in [4.78, 5) is 7.77. The molecular weight excluding hydrogens is 244 g/mol. The third-order valence-corrected chi connectivity index (χ3v) is 5.66. The summed E-state index contributed by atoms with van der Waals surface area (Å²) >= 11 is 9.15. The van der Waals surface area contributed by atoms with Crippen molar-refractivity contribution in [1.82, 2.24) is 9.97 Å². The van der Waals surface area contributed by atoms with Gasteiger partial charge in [-0.15, -0.1) is 11.8 Å². The highest BCUT2D eigenvalue weighted by Crippen LogP contribution is 2.40. The number of hydrogen-bond acceptors (Lipinski definition) is 4. The van der Waals surface area contributed by atoms with Crippen LogP contribution in [0, 0.1) is 11.6 Å². The van der Waals surface area contributed by atoms with E-state index in [0.29, 0.717) is 15.1 Å². The molecular formula is C10H14N2S3. The molecule has 1 fully saturated rings. The molecule has 0 radical (unpaired) electrons. The van der Waals surface area contributed by atoms with E-state index in [0.717, 1.165) is 11.5 Å². The third-order valence-electron chi connectivity index (χ3n) is 2.35. The van der Waals surface area contributed by atoms with Crippen molar-refractivity contribution < 1.29 is 0 Å². The molecule has 0 aromatic carbocycles. The molecule has 1 aliphatic heterocycles. The molecule has 5 heteroatoms. The van der Waals surface area contributed by atoms with Crippen LogP contribution in [0.4, 0.5) is 0 Å². The number of nitrogens with zero attached hydrogens (tertiary/aromatic N) is 1. The van der Waals surface area contributed by atoms with Gasteiger partial charge in [-0.1, -0.05) is 19.1 Å². The maximum absolute atomic E-state index is 5.15. The lowest BCUT2D eigenvalue weighted by Gasteiger charge is -2.27. The van der Waals surface area contributed by atoms with Crippen LogP contribution in [0.25, 0.3) is 0 Å². The Bertz CT molecular complexity index is 402. The monoisotopic (exact) mass is 258 g/mol. The molecule has 0 aliphatic carbocycles. The fourth-order valence-corrected chi connectivity index (χ4v) is 4.66. The second-order valence-electron chi connectivity index (χ2n) is 3.65. The zero-order valence-electron chi connectivity index (χ0n) is 8.82. The summed E-state index contributed by atoms with van der Waals surface area (Å²) < 4.78 is 0.699. The zero-order chi connectivity index (χ0) is 10.8. The first-order valence-electron chi connectivity index (χ1n) is 4.98. The van der Waals surface area contributed by atoms with Crippen LogP contribution in [-0.4, -0.2) is 26.7 Å². The van der Waals surface area contributed by atoms with Gasteiger partial charge in [-0.25, -0.2) is 4.98 Å². The third kappa shape index (κ3) is 2.77. The Morgan fingerprint density at radius 2 is 2.20 bits per heavy atom. The van der Waals surface area contributed by atoms with Crippen molar-refractivity contribution in [1.29, 1.82) is 0 Å². The molecule has 1 saturated heterocycles. The number of hydrogen-bond donors (Lipinski definition) is 1. The number of H-pyrrole nitrogens is 1. The number of aromatic amines is 1. The van der Waals surface area contributed by atoms with Gasteiger partial charge in [0.15, 0.2) is 0 Å². The molecule has 0 spiro atoms. The fraction of sp³-hybridized carbons (Fsp3) is 0.600. The van der Waals surface area contributed by atoms with E-state index in [1.165, 1.54) is 11.5 Å². The normalized spacial score (nSPS) is 26.5. The average molecular weight is 258 g/mol. The van der Waals surface area contributed by atoms with Gasteiger partial charge in [0, 0.05) is 22.4 Å². The van der Waals surface area contributed by atoms with Crippen LogP contribution in [-0.2, 0) is 0 Å². The Morgan fingerprint density at radius 3 is 2.87 bits per heavy atom. The zero-order valence-corrected chi connectivity index (χ0v) is 11.3. The SMILES string of the molecule is Cc1cc(=S)nc(C2SCCSC2C)[nH]1. The van der Waals surface area contributed by atoms with Gasteiger partial charge in [-0.05, 0) is 13.0 Å². The molecule has 2 heterocycles. The Hall–Kier alpha value is -0.0000000000000000555. The first-order chi connectivity index (χ1) is 7.16. The predicted molar refractivity (Wildman–Crippen MR) is 71.3 cm³/mol. The van der Waals surface area contributed by atoms with Crippen LogP contribution in [0.15, 0.2) is 6.07 Å². The highest BCUT2D eigenvalue weighted by Gasteiger charge is 2.25. The molecule has 2 unspecified atom stereocenters. The van der Waals surface area contributed by atoms with E-state index in [1.807, 2.05) is 36.5 Å². The standard InChI is InChI=1S/C10H14N2S3/c1-6-5-8(13)12-10(11-6)9-7(2)14-3-4-15-9/h5,7,9H,3-4H2,1-2H3,(H,11,12,13). The lowest BCUT2D eigenvalue weighted by molar-refractivity contribution is 0.811. The van der Waals surface area contributed by atoms with Gasteiger partial charge < -0.3 is 4.98 Å². The van der Waals surface area contributed by atoms with Crippen LogP contribution >= 0.6 is 35.7 Å². The molecule has 2 nitrogen and oxygen atoms in total. The Morgan fingerprint density at radius 1 is 1.47 bits per heavy atom. The van der Waals surface area contributed by atoms with E-state index in [2.05, 4.69) is 16.9 Å². The summed E-state index contributed by atoms with van der Waals surface area (Å²) in [5.41, 5.74) is 1.10. The number of aryl methyl sites for hydroxylation is 1. The first-order valence-corrected chi connectivity index (χ1v) is 7.48. The van der Waals surface area contributed by atoms with E-state index in [4.69, 9.17) is 12.2 Å². The van der Waals surface area contributed by atoms with E-state index >= 15 is 0 Å². The summed E-state index contributed by atoms with van der Waals surface area (Å²) in [5, 5.41) is 1.08. The molecule has 2 atom stereocenters. The van der Waals surface area contributed by atoms with Crippen LogP contribution in [0.5, 0.6) is 0 Å². The molecule has 1 aliphatic rings. The maximum Gasteiger partial charge on any atom is 0.130 e. The van der Waals surface area contributed by atoms with Crippen molar-refractivity contribution in [3.63, 3.8) is 0 Å². The maximum atomic E-state index is 5.15. The minimum Gasteiger partial charge on any atom is -0.346 e. The molecule has 82 valence electrons. The molecule has 1 N–H and O–H groups in total. The Labute approximate surface area is 104 Å². The van der Waals surface area contributed by atoms with Crippen LogP contribution < -0.4 is 0 Å². The molecule has 1 aromatic rings. The molecule has 0 bridgehead atoms. The first kappa shape index (κ1) is 11.5. The van der Waals surface area contributed by atoms with Gasteiger partial charge in [-0.3, -0.25) is 0 Å². The van der Waals surface area contributed by atoms with Crippen molar-refractivity contribution >= 4 is 35.7 Å². The largest absolute Gasteiger partial charge is 0.346 e. The minimum absolute atomic E-state index is 0.463. The summed E-state index contributed by atoms with van der Waals surface area (Å²) in [6, 6.07) is 1.91. The molecule has 1 aromatic heterocycles. The number of aromatic nitrogens is 2. The topological polar surface area (TPSA) is 28.7 Å². The van der Waals surface area contributed by atoms with E-state index in [9.17, 15) is 0 Å². The van der Waals surface area contributed by atoms with Crippen LogP contribution in [0.3, 0.4) is 0 Å². The van der Waals surface area contributed by atoms with Gasteiger partial charge in [-0.2, -0.15) is 11.8 Å². The highest BCUT2D eigenvalue weighted by atomic mass is 32.2. The lowest BCUT2D eigenvalue weighted by Crippen LogP contribution is -2.18. The predicted octanol–water partition coefficient (Wildman–Crippen LogP) is 3.36. The molecule has 2 rings (SSSR count). The highest BCUT2D eigenvalue weighted by molar-refractivity contribution is 8.06. The van der Waals surface area contributed by atoms with Crippen molar-refractivity contribution in [2.75, 3.05) is 11.5 Å². The van der Waals surface area contributed by atoms with Gasteiger partial charge in [0.25, 0.3) is 0 Å². The Kier molecular flexibility index (Phi) is 3.74. The van der Waals surface area contributed by atoms with Gasteiger partial charge >= 0.3 is 0 Å². The van der Waals surface area contributed by atoms with E-state index in [-0.39, 0.29) is 0 Å². The summed E-state index contributed by atoms with van der Waals surface area (Å²) in [5.74, 6) is 3.50. The van der Waals surface area contributed by atoms with Gasteiger partial charge in [0.2, 0.25) is 0 Å². The van der Waals surface area contributed by atoms with E-state index in [1.54, 1.807) is 0 Å². The molecule has 0 saturated carbocycles. The van der Waals surface area contributed by atoms with Crippen molar-refractivity contribution in [2.24, 2.45) is 0 Å². The van der Waals surface area contributed by atoms with Crippen LogP contribution in [0.2, 0.25) is 0 Å². The summed E-state index contributed by atoms with van der Waals surface area (Å²) in [6.07, 6.45) is 0. The molecule has 15 heavy (non-hydrogen) atoms. The summed E-state index contributed by atoms with van der Waals surface area (Å²) in [6.45, 7) is 4.30. The number of rotatable bonds is 1. The van der Waals surface area contributed by atoms with Crippen molar-refractivity contribution in [3.05, 3.63) is 22.2 Å². The van der Waals surface area contributed by atoms with E-state index < -0.39 is 0 Å². The fourth-order valence-electron chi connectivity index (χ4n) is 1.67.